The highest BCUT2D eigenvalue weighted by atomic mass is 16.5. The summed E-state index contributed by atoms with van der Waals surface area (Å²) >= 11 is 0. The molecule has 1 N–H and O–H groups in total. The fourth-order valence-electron chi connectivity index (χ4n) is 13.5. The molecule has 0 bridgehead atoms. The van der Waals surface area contributed by atoms with Crippen LogP contribution in [-0.2, 0) is 9.53 Å². The molecule has 0 aliphatic heterocycles. The molecule has 0 aliphatic rings. The van der Waals surface area contributed by atoms with Crippen molar-refractivity contribution in [1.29, 1.82) is 10.5 Å². The molecule has 5 atom stereocenters. The van der Waals surface area contributed by atoms with E-state index in [-0.39, 0.29) is 39.5 Å². The summed E-state index contributed by atoms with van der Waals surface area (Å²) in [7, 11) is 0. The fourth-order valence-corrected chi connectivity index (χ4v) is 13.5. The maximum absolute atomic E-state index is 14.0. The molecule has 87 heavy (non-hydrogen) atoms. The molecule has 0 fully saturated rings. The molecule has 5 unspecified atom stereocenters. The van der Waals surface area contributed by atoms with Gasteiger partial charge in [0.25, 0.3) is 0 Å². The van der Waals surface area contributed by atoms with Crippen LogP contribution in [0.25, 0.3) is 11.1 Å². The van der Waals surface area contributed by atoms with Gasteiger partial charge in [-0.2, -0.15) is 10.5 Å². The van der Waals surface area contributed by atoms with E-state index in [1.165, 1.54) is 0 Å². The van der Waals surface area contributed by atoms with Crippen LogP contribution in [0.15, 0.2) is 182 Å². The highest BCUT2D eigenvalue weighted by Gasteiger charge is 2.50. The van der Waals surface area contributed by atoms with E-state index >= 15 is 0 Å². The summed E-state index contributed by atoms with van der Waals surface area (Å²) in [5, 5.41) is 31.1. The zero-order valence-electron chi connectivity index (χ0n) is 54.1. The van der Waals surface area contributed by atoms with Gasteiger partial charge in [0.2, 0.25) is 0 Å². The first-order valence-corrected chi connectivity index (χ1v) is 32.1. The van der Waals surface area contributed by atoms with Gasteiger partial charge in [-0.15, -0.1) is 0 Å². The normalized spacial score (nSPS) is 14.0. The second kappa shape index (κ2) is 31.2. The smallest absolute Gasteiger partial charge is 0.306 e. The van der Waals surface area contributed by atoms with Gasteiger partial charge in [-0.3, -0.25) is 4.79 Å². The van der Waals surface area contributed by atoms with Crippen molar-refractivity contribution in [3.63, 3.8) is 0 Å². The number of esters is 1. The van der Waals surface area contributed by atoms with Crippen LogP contribution in [0.4, 0.5) is 39.8 Å². The summed E-state index contributed by atoms with van der Waals surface area (Å²) in [4.78, 5) is 20.7. The van der Waals surface area contributed by atoms with Gasteiger partial charge in [0.05, 0.1) is 30.4 Å². The molecule has 0 aromatic heterocycles. The molecule has 9 heteroatoms. The quantitative estimate of drug-likeness (QED) is 0.0317. The first kappa shape index (κ1) is 66.7. The molecular formula is C78H97N5O4. The summed E-state index contributed by atoms with van der Waals surface area (Å²) < 4.78 is 12.6. The van der Waals surface area contributed by atoms with Gasteiger partial charge in [-0.1, -0.05) is 180 Å². The maximum Gasteiger partial charge on any atom is 0.306 e. The molecule has 0 saturated carbocycles. The first-order valence-electron chi connectivity index (χ1n) is 32.1. The molecular weight excluding hydrogens is 1070 g/mol. The van der Waals surface area contributed by atoms with Crippen molar-refractivity contribution in [2.45, 2.75) is 153 Å². The third-order valence-corrected chi connectivity index (χ3v) is 19.4. The van der Waals surface area contributed by atoms with Crippen LogP contribution >= 0.6 is 0 Å². The Morgan fingerprint density at radius 3 is 1.47 bits per heavy atom. The minimum Gasteiger partial charge on any atom is -0.494 e. The number of hydrogen-bond donors (Lipinski definition) is 1. The van der Waals surface area contributed by atoms with Crippen LogP contribution in [0.1, 0.15) is 158 Å². The highest BCUT2D eigenvalue weighted by Crippen LogP contribution is 2.58. The van der Waals surface area contributed by atoms with E-state index in [1.807, 2.05) is 30.3 Å². The molecule has 0 radical (unpaired) electrons. The van der Waals surface area contributed by atoms with E-state index in [0.29, 0.717) is 50.0 Å². The standard InChI is InChI=1S/C78H97N5O4/c1-12-75(6,7)72(77(10,14-3)58-78(11,15-4)73(76(8,9)13-2)55-74(85)87-50-27-26-49-81(16-5)68-48-43-61(56-79)62(52-68)57-80)54-70(84)37-29-51-86-71-38-28-36-69(53-71)83(65-34-24-19-25-35-65)67-46-41-60(42-47-67)59-39-44-66(45-40-59)82(63-30-20-17-21-31-63)64-32-22-18-23-33-64/h17-25,28,30-36,38-48,52-53,70,72-73,84H,12-16,26-27,29,37,49-51,54-55,58H2,1-11H3. The average molecular weight is 1170 g/mol. The summed E-state index contributed by atoms with van der Waals surface area (Å²) in [6, 6.07) is 66.9. The van der Waals surface area contributed by atoms with E-state index in [0.717, 1.165) is 115 Å². The molecule has 7 aromatic carbocycles. The largest absolute Gasteiger partial charge is 0.494 e. The highest BCUT2D eigenvalue weighted by molar-refractivity contribution is 5.81. The van der Waals surface area contributed by atoms with Gasteiger partial charge in [0.1, 0.15) is 17.9 Å². The van der Waals surface area contributed by atoms with Crippen molar-refractivity contribution in [2.24, 2.45) is 33.5 Å². The van der Waals surface area contributed by atoms with Gasteiger partial charge < -0.3 is 29.3 Å². The van der Waals surface area contributed by atoms with Crippen molar-refractivity contribution in [1.82, 2.24) is 0 Å². The average Bonchev–Trinajstić information content (AvgIpc) is 1.59. The maximum atomic E-state index is 14.0. The second-order valence-corrected chi connectivity index (χ2v) is 25.8. The molecule has 0 saturated heterocycles. The Kier molecular flexibility index (Phi) is 23.9. The molecule has 7 rings (SSSR count). The first-order chi connectivity index (χ1) is 41.9. The minimum atomic E-state index is -0.497. The van der Waals surface area contributed by atoms with Gasteiger partial charge in [-0.25, -0.2) is 0 Å². The van der Waals surface area contributed by atoms with E-state index < -0.39 is 6.10 Å². The Hall–Kier alpha value is -7.85. The third kappa shape index (κ3) is 17.2. The van der Waals surface area contributed by atoms with Gasteiger partial charge in [0.15, 0.2) is 0 Å². The van der Waals surface area contributed by atoms with E-state index in [4.69, 9.17) is 9.47 Å². The monoisotopic (exact) mass is 1170 g/mol. The number of anilines is 7. The van der Waals surface area contributed by atoms with Gasteiger partial charge >= 0.3 is 5.97 Å². The lowest BCUT2D eigenvalue weighted by Crippen LogP contribution is -2.47. The van der Waals surface area contributed by atoms with Crippen molar-refractivity contribution in [3.05, 3.63) is 193 Å². The second-order valence-electron chi connectivity index (χ2n) is 25.8. The molecule has 9 nitrogen and oxygen atoms in total. The van der Waals surface area contributed by atoms with Crippen LogP contribution in [0, 0.1) is 56.2 Å². The van der Waals surface area contributed by atoms with Crippen molar-refractivity contribution < 1.29 is 19.4 Å². The SMILES string of the molecule is CCN(CCCCOC(=O)CC(C(C)(C)CC)C(C)(CC)CC(C)(CC)C(CC(O)CCCOc1cccc(N(c2ccccc2)c2ccc(-c3ccc(N(c4ccccc4)c4ccccc4)cc3)cc2)c1)C(C)(C)CC)c1ccc(C#N)c(C#N)c1. The van der Waals surface area contributed by atoms with Crippen LogP contribution in [0.3, 0.4) is 0 Å². The number of carbonyl (C=O) groups excluding carboxylic acids is 1. The lowest BCUT2D eigenvalue weighted by Gasteiger charge is -2.54. The fraction of sp³-hybridized carbons (Fsp3) is 0.423. The number of ether oxygens (including phenoxy) is 2. The number of para-hydroxylation sites is 3. The van der Waals surface area contributed by atoms with Gasteiger partial charge in [-0.05, 0) is 181 Å². The number of carbonyl (C=O) groups is 1. The van der Waals surface area contributed by atoms with E-state index in [2.05, 4.69) is 243 Å². The summed E-state index contributed by atoms with van der Waals surface area (Å²) in [6.07, 6.45) is 8.22. The number of nitriles is 2. The van der Waals surface area contributed by atoms with Crippen molar-refractivity contribution in [3.8, 4) is 29.0 Å². The summed E-state index contributed by atoms with van der Waals surface area (Å²) in [5.41, 5.74) is 9.87. The Bertz CT molecular complexity index is 3280. The third-order valence-electron chi connectivity index (χ3n) is 19.4. The Morgan fingerprint density at radius 1 is 0.506 bits per heavy atom. The number of aliphatic hydroxyl groups is 1. The number of hydrogen-bond acceptors (Lipinski definition) is 9. The lowest BCUT2D eigenvalue weighted by molar-refractivity contribution is -0.149. The topological polar surface area (TPSA) is 113 Å². The van der Waals surface area contributed by atoms with Crippen LogP contribution in [-0.4, -0.2) is 43.5 Å². The lowest BCUT2D eigenvalue weighted by atomic mass is 9.51. The minimum absolute atomic E-state index is 0.0397. The van der Waals surface area contributed by atoms with Crippen LogP contribution < -0.4 is 19.4 Å². The Balaban J connectivity index is 0.976. The summed E-state index contributed by atoms with van der Waals surface area (Å²) in [6.45, 7) is 27.9. The van der Waals surface area contributed by atoms with Gasteiger partial charge in [0, 0.05) is 65.4 Å². The molecule has 0 heterocycles. The van der Waals surface area contributed by atoms with Crippen molar-refractivity contribution >= 4 is 45.8 Å². The number of unbranched alkanes of at least 4 members (excludes halogenated alkanes) is 1. The predicted octanol–water partition coefficient (Wildman–Crippen LogP) is 20.5. The van der Waals surface area contributed by atoms with E-state index in [1.54, 1.807) is 12.1 Å². The van der Waals surface area contributed by atoms with Crippen LogP contribution in [0.2, 0.25) is 0 Å². The molecule has 0 amide bonds. The molecule has 7 aromatic rings. The zero-order chi connectivity index (χ0) is 62.6. The number of nitrogens with zero attached hydrogens (tertiary/aromatic N) is 5. The molecule has 0 spiro atoms. The Labute approximate surface area is 522 Å². The van der Waals surface area contributed by atoms with Crippen LogP contribution in [0.5, 0.6) is 5.75 Å². The number of aliphatic hydroxyl groups excluding tert-OH is 1. The molecule has 458 valence electrons. The Morgan fingerprint density at radius 2 is 0.977 bits per heavy atom. The van der Waals surface area contributed by atoms with Crippen molar-refractivity contribution in [2.75, 3.05) is 41.0 Å². The summed E-state index contributed by atoms with van der Waals surface area (Å²) in [5.74, 6) is 0.953. The number of rotatable bonds is 33. The van der Waals surface area contributed by atoms with E-state index in [9.17, 15) is 20.4 Å². The predicted molar refractivity (Wildman–Crippen MR) is 362 cm³/mol. The number of benzene rings is 7. The zero-order valence-corrected chi connectivity index (χ0v) is 54.1. The molecule has 0 aliphatic carbocycles.